The highest BCUT2D eigenvalue weighted by Gasteiger charge is 2.17. The van der Waals surface area contributed by atoms with E-state index < -0.39 is 5.97 Å². The summed E-state index contributed by atoms with van der Waals surface area (Å²) >= 11 is 0. The number of hydrogen-bond acceptors (Lipinski definition) is 3. The normalized spacial score (nSPS) is 11.2. The number of aromatic carboxylic acids is 1. The molecular formula is C11H13N3O2. The van der Waals surface area contributed by atoms with Gasteiger partial charge >= 0.3 is 5.97 Å². The Kier molecular flexibility index (Phi) is 2.60. The second kappa shape index (κ2) is 3.92. The van der Waals surface area contributed by atoms with Gasteiger partial charge in [-0.2, -0.15) is 5.10 Å². The van der Waals surface area contributed by atoms with Gasteiger partial charge in [-0.3, -0.25) is 0 Å². The lowest BCUT2D eigenvalue weighted by Crippen LogP contribution is -2.02. The van der Waals surface area contributed by atoms with Crippen LogP contribution in [0.1, 0.15) is 30.2 Å². The van der Waals surface area contributed by atoms with Crippen molar-refractivity contribution < 1.29 is 9.90 Å². The summed E-state index contributed by atoms with van der Waals surface area (Å²) in [5, 5.41) is 13.2. The molecule has 0 aliphatic carbocycles. The zero-order valence-corrected chi connectivity index (χ0v) is 9.21. The van der Waals surface area contributed by atoms with Gasteiger partial charge in [-0.25, -0.2) is 14.3 Å². The van der Waals surface area contributed by atoms with Crippen LogP contribution in [0.3, 0.4) is 0 Å². The number of carboxylic acid groups (broad SMARTS) is 1. The first-order chi connectivity index (χ1) is 7.59. The summed E-state index contributed by atoms with van der Waals surface area (Å²) in [6, 6.07) is 3.43. The fourth-order valence-corrected chi connectivity index (χ4v) is 1.65. The Hall–Kier alpha value is -1.91. The van der Waals surface area contributed by atoms with Gasteiger partial charge in [-0.1, -0.05) is 13.8 Å². The van der Waals surface area contributed by atoms with E-state index in [1.54, 1.807) is 22.8 Å². The lowest BCUT2D eigenvalue weighted by Gasteiger charge is -2.01. The van der Waals surface area contributed by atoms with Crippen LogP contribution >= 0.6 is 0 Å². The van der Waals surface area contributed by atoms with E-state index in [1.165, 1.54) is 0 Å². The summed E-state index contributed by atoms with van der Waals surface area (Å²) in [5.74, 6) is 0.0951. The van der Waals surface area contributed by atoms with Crippen molar-refractivity contribution in [1.82, 2.24) is 14.6 Å². The van der Waals surface area contributed by atoms with E-state index in [4.69, 9.17) is 5.11 Å². The van der Waals surface area contributed by atoms with Gasteiger partial charge in [-0.05, 0) is 18.1 Å². The van der Waals surface area contributed by atoms with Crippen LogP contribution in [0.25, 0.3) is 5.52 Å². The molecule has 5 heteroatoms. The molecule has 0 aliphatic heterocycles. The zero-order chi connectivity index (χ0) is 11.7. The third-order valence-corrected chi connectivity index (χ3v) is 2.27. The van der Waals surface area contributed by atoms with Gasteiger partial charge in [0.05, 0.1) is 5.52 Å². The molecule has 0 unspecified atom stereocenters. The Labute approximate surface area is 92.7 Å². The maximum atomic E-state index is 11.0. The van der Waals surface area contributed by atoms with E-state index in [2.05, 4.69) is 23.9 Å². The number of carbonyl (C=O) groups is 1. The summed E-state index contributed by atoms with van der Waals surface area (Å²) in [7, 11) is 0. The number of hydrogen-bond donors (Lipinski definition) is 1. The lowest BCUT2D eigenvalue weighted by atomic mass is 10.1. The molecule has 0 bridgehead atoms. The number of nitrogens with zero attached hydrogens (tertiary/aromatic N) is 3. The average Bonchev–Trinajstić information content (AvgIpc) is 2.57. The highest BCUT2D eigenvalue weighted by molar-refractivity contribution is 5.93. The maximum Gasteiger partial charge on any atom is 0.356 e. The minimum absolute atomic E-state index is 0.0729. The summed E-state index contributed by atoms with van der Waals surface area (Å²) in [5.41, 5.74) is 0.620. The maximum absolute atomic E-state index is 11.0. The zero-order valence-electron chi connectivity index (χ0n) is 9.21. The van der Waals surface area contributed by atoms with Crippen LogP contribution in [0.15, 0.2) is 18.3 Å². The van der Waals surface area contributed by atoms with Crippen LogP contribution in [0, 0.1) is 5.92 Å². The molecule has 0 saturated heterocycles. The van der Waals surface area contributed by atoms with Gasteiger partial charge in [-0.15, -0.1) is 0 Å². The molecule has 2 rings (SSSR count). The number of aromatic nitrogens is 3. The molecule has 0 saturated carbocycles. The second-order valence-electron chi connectivity index (χ2n) is 4.10. The Morgan fingerprint density at radius 3 is 2.94 bits per heavy atom. The predicted octanol–water partition coefficient (Wildman–Crippen LogP) is 1.63. The number of carboxylic acids is 1. The molecular weight excluding hydrogens is 206 g/mol. The Bertz CT molecular complexity index is 531. The Morgan fingerprint density at radius 2 is 2.31 bits per heavy atom. The van der Waals surface area contributed by atoms with Crippen molar-refractivity contribution >= 4 is 11.5 Å². The molecule has 0 aliphatic rings. The van der Waals surface area contributed by atoms with Crippen molar-refractivity contribution in [1.29, 1.82) is 0 Å². The fraction of sp³-hybridized carbons (Fsp3) is 0.364. The first-order valence-electron chi connectivity index (χ1n) is 5.15. The molecule has 0 aromatic carbocycles. The van der Waals surface area contributed by atoms with Crippen molar-refractivity contribution in [2.45, 2.75) is 20.3 Å². The molecule has 0 atom stereocenters. The molecule has 16 heavy (non-hydrogen) atoms. The van der Waals surface area contributed by atoms with Crippen molar-refractivity contribution in [2.24, 2.45) is 5.92 Å². The van der Waals surface area contributed by atoms with E-state index in [0.29, 0.717) is 23.7 Å². The molecule has 1 N–H and O–H groups in total. The van der Waals surface area contributed by atoms with E-state index in [0.717, 1.165) is 0 Å². The largest absolute Gasteiger partial charge is 0.476 e. The van der Waals surface area contributed by atoms with Crippen LogP contribution in [-0.4, -0.2) is 25.7 Å². The van der Waals surface area contributed by atoms with Crippen LogP contribution in [-0.2, 0) is 6.42 Å². The smallest absolute Gasteiger partial charge is 0.356 e. The molecule has 0 fully saturated rings. The average molecular weight is 219 g/mol. The first kappa shape index (κ1) is 10.6. The molecule has 5 nitrogen and oxygen atoms in total. The monoisotopic (exact) mass is 219 g/mol. The Morgan fingerprint density at radius 1 is 1.56 bits per heavy atom. The molecule has 0 radical (unpaired) electrons. The van der Waals surface area contributed by atoms with E-state index in [1.807, 2.05) is 0 Å². The third kappa shape index (κ3) is 1.76. The SMILES string of the molecule is CC(C)Cc1nc(C(=O)O)c2cccnn12. The van der Waals surface area contributed by atoms with Crippen molar-refractivity contribution in [2.75, 3.05) is 0 Å². The van der Waals surface area contributed by atoms with Crippen LogP contribution in [0.4, 0.5) is 0 Å². The van der Waals surface area contributed by atoms with Gasteiger partial charge in [0, 0.05) is 12.6 Å². The van der Waals surface area contributed by atoms with Crippen LogP contribution in [0.2, 0.25) is 0 Å². The quantitative estimate of drug-likeness (QED) is 0.851. The molecule has 84 valence electrons. The standard InChI is InChI=1S/C11H13N3O2/c1-7(2)6-9-13-10(11(15)16)8-4-3-5-12-14(8)9/h3-5,7H,6H2,1-2H3,(H,15,16). The second-order valence-corrected chi connectivity index (χ2v) is 4.10. The van der Waals surface area contributed by atoms with Crippen LogP contribution in [0.5, 0.6) is 0 Å². The summed E-state index contributed by atoms with van der Waals surface area (Å²) in [6.45, 7) is 4.12. The molecule has 2 heterocycles. The Balaban J connectivity index is 2.62. The number of fused-ring (bicyclic) bond motifs is 1. The summed E-state index contributed by atoms with van der Waals surface area (Å²) < 4.78 is 1.60. The minimum atomic E-state index is -1.01. The predicted molar refractivity (Wildman–Crippen MR) is 58.5 cm³/mol. The van der Waals surface area contributed by atoms with Crippen molar-refractivity contribution in [3.8, 4) is 0 Å². The van der Waals surface area contributed by atoms with E-state index >= 15 is 0 Å². The molecule has 2 aromatic heterocycles. The summed E-state index contributed by atoms with van der Waals surface area (Å²) in [6.07, 6.45) is 2.34. The lowest BCUT2D eigenvalue weighted by molar-refractivity contribution is 0.0693. The van der Waals surface area contributed by atoms with Gasteiger partial charge in [0.1, 0.15) is 5.82 Å². The minimum Gasteiger partial charge on any atom is -0.476 e. The third-order valence-electron chi connectivity index (χ3n) is 2.27. The highest BCUT2D eigenvalue weighted by Crippen LogP contribution is 2.14. The number of imidazole rings is 1. The van der Waals surface area contributed by atoms with Gasteiger partial charge in [0.2, 0.25) is 0 Å². The summed E-state index contributed by atoms with van der Waals surface area (Å²) in [4.78, 5) is 15.1. The van der Waals surface area contributed by atoms with E-state index in [9.17, 15) is 4.79 Å². The fourth-order valence-electron chi connectivity index (χ4n) is 1.65. The van der Waals surface area contributed by atoms with Crippen LogP contribution < -0.4 is 0 Å². The van der Waals surface area contributed by atoms with E-state index in [-0.39, 0.29) is 5.69 Å². The molecule has 2 aromatic rings. The van der Waals surface area contributed by atoms with Gasteiger partial charge in [0.25, 0.3) is 0 Å². The topological polar surface area (TPSA) is 67.5 Å². The van der Waals surface area contributed by atoms with Gasteiger partial charge in [0.15, 0.2) is 5.69 Å². The van der Waals surface area contributed by atoms with Crippen molar-refractivity contribution in [3.63, 3.8) is 0 Å². The molecule has 0 amide bonds. The first-order valence-corrected chi connectivity index (χ1v) is 5.15. The molecule has 0 spiro atoms. The highest BCUT2D eigenvalue weighted by atomic mass is 16.4. The van der Waals surface area contributed by atoms with Gasteiger partial charge < -0.3 is 5.11 Å². The number of rotatable bonds is 3. The van der Waals surface area contributed by atoms with Crippen molar-refractivity contribution in [3.05, 3.63) is 29.8 Å².